The Morgan fingerprint density at radius 1 is 1.24 bits per heavy atom. The van der Waals surface area contributed by atoms with Gasteiger partial charge in [0.05, 0.1) is 6.61 Å². The van der Waals surface area contributed by atoms with Crippen LogP contribution in [0.4, 0.5) is 5.69 Å². The van der Waals surface area contributed by atoms with E-state index in [0.717, 1.165) is 25.6 Å². The van der Waals surface area contributed by atoms with Crippen molar-refractivity contribution in [1.82, 2.24) is 5.32 Å². The summed E-state index contributed by atoms with van der Waals surface area (Å²) in [7, 11) is 1.75. The molecule has 0 aliphatic carbocycles. The first-order chi connectivity index (χ1) is 10.3. The lowest BCUT2D eigenvalue weighted by Gasteiger charge is -2.34. The van der Waals surface area contributed by atoms with E-state index in [1.807, 2.05) is 0 Å². The average molecular weight is 290 g/mol. The van der Waals surface area contributed by atoms with Gasteiger partial charge in [-0.15, -0.1) is 0 Å². The molecule has 0 radical (unpaired) electrons. The quantitative estimate of drug-likeness (QED) is 0.742. The highest BCUT2D eigenvalue weighted by molar-refractivity contribution is 5.53. The molecule has 0 spiro atoms. The first-order valence-electron chi connectivity index (χ1n) is 8.37. The highest BCUT2D eigenvalue weighted by atomic mass is 16.5. The predicted octanol–water partition coefficient (Wildman–Crippen LogP) is 3.44. The van der Waals surface area contributed by atoms with Crippen molar-refractivity contribution in [2.24, 2.45) is 5.92 Å². The fourth-order valence-electron chi connectivity index (χ4n) is 3.24. The second-order valence-electron chi connectivity index (χ2n) is 6.02. The number of benzene rings is 1. The number of rotatable bonds is 8. The van der Waals surface area contributed by atoms with Crippen LogP contribution >= 0.6 is 0 Å². The van der Waals surface area contributed by atoms with Crippen LogP contribution in [0.2, 0.25) is 0 Å². The molecule has 0 atom stereocenters. The van der Waals surface area contributed by atoms with Gasteiger partial charge in [0.1, 0.15) is 0 Å². The van der Waals surface area contributed by atoms with E-state index >= 15 is 0 Å². The topological polar surface area (TPSA) is 24.5 Å². The molecule has 1 aliphatic heterocycles. The molecule has 0 unspecified atom stereocenters. The second-order valence-corrected chi connectivity index (χ2v) is 6.02. The van der Waals surface area contributed by atoms with Crippen molar-refractivity contribution >= 4 is 5.69 Å². The second kappa shape index (κ2) is 9.06. The Balaban J connectivity index is 1.90. The lowest BCUT2D eigenvalue weighted by molar-refractivity contribution is 0.199. The molecule has 1 N–H and O–H groups in total. The first kappa shape index (κ1) is 16.3. The summed E-state index contributed by atoms with van der Waals surface area (Å²) in [5.74, 6) is 0.943. The molecule has 1 saturated heterocycles. The lowest BCUT2D eigenvalue weighted by Crippen LogP contribution is -2.34. The third-order valence-corrected chi connectivity index (χ3v) is 4.44. The summed E-state index contributed by atoms with van der Waals surface area (Å²) in [5.41, 5.74) is 2.82. The van der Waals surface area contributed by atoms with Gasteiger partial charge < -0.3 is 15.0 Å². The maximum absolute atomic E-state index is 5.09. The van der Waals surface area contributed by atoms with Gasteiger partial charge in [-0.05, 0) is 30.4 Å². The van der Waals surface area contributed by atoms with Gasteiger partial charge in [-0.2, -0.15) is 0 Å². The molecule has 1 fully saturated rings. The third kappa shape index (κ3) is 5.01. The highest BCUT2D eigenvalue weighted by Crippen LogP contribution is 2.28. The summed E-state index contributed by atoms with van der Waals surface area (Å²) in [5, 5.41) is 3.46. The van der Waals surface area contributed by atoms with Gasteiger partial charge in [0.15, 0.2) is 0 Å². The molecule has 3 heteroatoms. The SMILES string of the molecule is CCCC1CCN(c2ccccc2CNCCOC)CC1. The number of nitrogens with one attached hydrogen (secondary N) is 1. The highest BCUT2D eigenvalue weighted by Gasteiger charge is 2.20. The maximum Gasteiger partial charge on any atom is 0.0587 e. The van der Waals surface area contributed by atoms with Gasteiger partial charge in [0.2, 0.25) is 0 Å². The summed E-state index contributed by atoms with van der Waals surface area (Å²) < 4.78 is 5.09. The zero-order chi connectivity index (χ0) is 14.9. The molecule has 1 heterocycles. The predicted molar refractivity (Wildman–Crippen MR) is 89.9 cm³/mol. The maximum atomic E-state index is 5.09. The molecule has 0 bridgehead atoms. The number of methoxy groups -OCH3 is 1. The third-order valence-electron chi connectivity index (χ3n) is 4.44. The zero-order valence-electron chi connectivity index (χ0n) is 13.6. The normalized spacial score (nSPS) is 16.4. The van der Waals surface area contributed by atoms with E-state index in [-0.39, 0.29) is 0 Å². The number of anilines is 1. The van der Waals surface area contributed by atoms with Crippen molar-refractivity contribution in [2.75, 3.05) is 38.3 Å². The van der Waals surface area contributed by atoms with Crippen LogP contribution < -0.4 is 10.2 Å². The Morgan fingerprint density at radius 2 is 2.00 bits per heavy atom. The van der Waals surface area contributed by atoms with Crippen LogP contribution in [0.3, 0.4) is 0 Å². The number of para-hydroxylation sites is 1. The fraction of sp³-hybridized carbons (Fsp3) is 0.667. The van der Waals surface area contributed by atoms with Gasteiger partial charge in [-0.1, -0.05) is 38.0 Å². The first-order valence-corrected chi connectivity index (χ1v) is 8.37. The Labute approximate surface area is 129 Å². The molecular weight excluding hydrogens is 260 g/mol. The van der Waals surface area contributed by atoms with Crippen LogP contribution in [-0.4, -0.2) is 33.4 Å². The average Bonchev–Trinajstić information content (AvgIpc) is 2.53. The van der Waals surface area contributed by atoms with Crippen molar-refractivity contribution in [1.29, 1.82) is 0 Å². The molecule has 0 aromatic heterocycles. The van der Waals surface area contributed by atoms with Gasteiger partial charge >= 0.3 is 0 Å². The van der Waals surface area contributed by atoms with Crippen LogP contribution in [-0.2, 0) is 11.3 Å². The van der Waals surface area contributed by atoms with Crippen LogP contribution in [0.25, 0.3) is 0 Å². The van der Waals surface area contributed by atoms with Crippen molar-refractivity contribution in [3.63, 3.8) is 0 Å². The molecule has 3 nitrogen and oxygen atoms in total. The summed E-state index contributed by atoms with van der Waals surface area (Å²) in [4.78, 5) is 2.57. The van der Waals surface area contributed by atoms with E-state index in [1.165, 1.54) is 50.0 Å². The minimum atomic E-state index is 0.768. The zero-order valence-corrected chi connectivity index (χ0v) is 13.6. The summed E-state index contributed by atoms with van der Waals surface area (Å²) in [6.45, 7) is 7.31. The Morgan fingerprint density at radius 3 is 2.71 bits per heavy atom. The molecule has 2 rings (SSSR count). The smallest absolute Gasteiger partial charge is 0.0587 e. The van der Waals surface area contributed by atoms with Gasteiger partial charge in [0, 0.05) is 39.0 Å². The Bertz CT molecular complexity index is 400. The number of nitrogens with zero attached hydrogens (tertiary/aromatic N) is 1. The Kier molecular flexibility index (Phi) is 7.04. The summed E-state index contributed by atoms with van der Waals surface area (Å²) >= 11 is 0. The molecule has 1 aromatic carbocycles. The van der Waals surface area contributed by atoms with Gasteiger partial charge in [-0.25, -0.2) is 0 Å². The van der Waals surface area contributed by atoms with Crippen molar-refractivity contribution in [3.05, 3.63) is 29.8 Å². The van der Waals surface area contributed by atoms with E-state index in [9.17, 15) is 0 Å². The van der Waals surface area contributed by atoms with E-state index in [4.69, 9.17) is 4.74 Å². The monoisotopic (exact) mass is 290 g/mol. The molecular formula is C18H30N2O. The molecule has 21 heavy (non-hydrogen) atoms. The van der Waals surface area contributed by atoms with Gasteiger partial charge in [0.25, 0.3) is 0 Å². The van der Waals surface area contributed by atoms with Crippen molar-refractivity contribution in [2.45, 2.75) is 39.2 Å². The Hall–Kier alpha value is -1.06. The van der Waals surface area contributed by atoms with E-state index in [2.05, 4.69) is 41.4 Å². The lowest BCUT2D eigenvalue weighted by atomic mass is 9.92. The number of piperidine rings is 1. The van der Waals surface area contributed by atoms with E-state index < -0.39 is 0 Å². The minimum Gasteiger partial charge on any atom is -0.383 e. The molecule has 118 valence electrons. The standard InChI is InChI=1S/C18H30N2O/c1-3-6-16-9-12-20(13-10-16)18-8-5-4-7-17(18)15-19-11-14-21-2/h4-5,7-8,16,19H,3,6,9-15H2,1-2H3. The summed E-state index contributed by atoms with van der Waals surface area (Å²) in [6, 6.07) is 8.81. The van der Waals surface area contributed by atoms with Crippen LogP contribution in [0.5, 0.6) is 0 Å². The fourth-order valence-corrected chi connectivity index (χ4v) is 3.24. The van der Waals surface area contributed by atoms with Crippen LogP contribution in [0, 0.1) is 5.92 Å². The molecule has 0 amide bonds. The molecule has 0 saturated carbocycles. The van der Waals surface area contributed by atoms with Crippen molar-refractivity contribution in [3.8, 4) is 0 Å². The van der Waals surface area contributed by atoms with Gasteiger partial charge in [-0.3, -0.25) is 0 Å². The number of hydrogen-bond donors (Lipinski definition) is 1. The minimum absolute atomic E-state index is 0.768. The largest absolute Gasteiger partial charge is 0.383 e. The number of hydrogen-bond acceptors (Lipinski definition) is 3. The van der Waals surface area contributed by atoms with E-state index in [0.29, 0.717) is 0 Å². The number of ether oxygens (including phenoxy) is 1. The van der Waals surface area contributed by atoms with Crippen LogP contribution in [0.15, 0.2) is 24.3 Å². The van der Waals surface area contributed by atoms with E-state index in [1.54, 1.807) is 7.11 Å². The molecule has 1 aliphatic rings. The molecule has 1 aromatic rings. The summed E-state index contributed by atoms with van der Waals surface area (Å²) in [6.07, 6.45) is 5.41. The van der Waals surface area contributed by atoms with Crippen LogP contribution in [0.1, 0.15) is 38.2 Å². The van der Waals surface area contributed by atoms with Crippen molar-refractivity contribution < 1.29 is 4.74 Å².